The largest absolute Gasteiger partial charge is 0.760 e. The van der Waals surface area contributed by atoms with Crippen molar-refractivity contribution in [1.29, 1.82) is 0 Å². The molecule has 0 radical (unpaired) electrons. The lowest BCUT2D eigenvalue weighted by atomic mass is 10.9. The van der Waals surface area contributed by atoms with Crippen molar-refractivity contribution in [2.24, 2.45) is 0 Å². The highest BCUT2D eigenvalue weighted by atomic mass is 32.2. The molecule has 8 heavy (non-hydrogen) atoms. The molecule has 0 bridgehead atoms. The molecule has 1 N–H and O–H groups in total. The SMILES string of the molecule is CCOCNS(=O)[O-]. The van der Waals surface area contributed by atoms with E-state index in [4.69, 9.17) is 0 Å². The summed E-state index contributed by atoms with van der Waals surface area (Å²) in [6, 6.07) is 0. The molecule has 0 aromatic heterocycles. The fraction of sp³-hybridized carbons (Fsp3) is 1.00. The fourth-order valence-electron chi connectivity index (χ4n) is 0.192. The monoisotopic (exact) mass is 138 g/mol. The van der Waals surface area contributed by atoms with Gasteiger partial charge < -0.3 is 9.29 Å². The van der Waals surface area contributed by atoms with Gasteiger partial charge >= 0.3 is 0 Å². The maximum absolute atomic E-state index is 9.68. The predicted molar refractivity (Wildman–Crippen MR) is 28.5 cm³/mol. The summed E-state index contributed by atoms with van der Waals surface area (Å²) in [4.78, 5) is 0. The van der Waals surface area contributed by atoms with E-state index in [1.807, 2.05) is 4.72 Å². The maximum Gasteiger partial charge on any atom is 0.107 e. The van der Waals surface area contributed by atoms with E-state index in [1.54, 1.807) is 6.92 Å². The lowest BCUT2D eigenvalue weighted by Crippen LogP contribution is -2.19. The van der Waals surface area contributed by atoms with Crippen LogP contribution in [0.25, 0.3) is 0 Å². The Morgan fingerprint density at radius 3 is 2.88 bits per heavy atom. The zero-order valence-corrected chi connectivity index (χ0v) is 5.36. The Labute approximate surface area is 50.6 Å². The summed E-state index contributed by atoms with van der Waals surface area (Å²) in [5.41, 5.74) is 0. The van der Waals surface area contributed by atoms with Crippen LogP contribution in [-0.2, 0) is 16.0 Å². The van der Waals surface area contributed by atoms with Crippen molar-refractivity contribution in [2.75, 3.05) is 13.3 Å². The van der Waals surface area contributed by atoms with Gasteiger partial charge in [0.2, 0.25) is 0 Å². The molecule has 0 aliphatic heterocycles. The first kappa shape index (κ1) is 8.03. The van der Waals surface area contributed by atoms with Gasteiger partial charge in [-0.25, -0.2) is 4.72 Å². The van der Waals surface area contributed by atoms with Gasteiger partial charge in [0.05, 0.1) is 0 Å². The quantitative estimate of drug-likeness (QED) is 0.319. The minimum Gasteiger partial charge on any atom is -0.760 e. The Balaban J connectivity index is 2.82. The minimum absolute atomic E-state index is 0.0621. The molecular formula is C3H8NO3S-. The summed E-state index contributed by atoms with van der Waals surface area (Å²) >= 11 is -2.19. The normalized spacial score (nSPS) is 13.8. The molecular weight excluding hydrogens is 130 g/mol. The third kappa shape index (κ3) is 6.03. The highest BCUT2D eigenvalue weighted by Gasteiger charge is 1.78. The number of hydrogen-bond acceptors (Lipinski definition) is 3. The van der Waals surface area contributed by atoms with Crippen molar-refractivity contribution in [3.05, 3.63) is 0 Å². The van der Waals surface area contributed by atoms with Gasteiger partial charge in [-0.05, 0) is 6.92 Å². The van der Waals surface area contributed by atoms with Gasteiger partial charge in [0.25, 0.3) is 0 Å². The van der Waals surface area contributed by atoms with Crippen LogP contribution in [0.5, 0.6) is 0 Å². The topological polar surface area (TPSA) is 61.4 Å². The zero-order chi connectivity index (χ0) is 6.41. The van der Waals surface area contributed by atoms with Crippen LogP contribution in [0.3, 0.4) is 0 Å². The second-order valence-corrected chi connectivity index (χ2v) is 1.77. The van der Waals surface area contributed by atoms with Gasteiger partial charge in [-0.1, -0.05) is 0 Å². The molecule has 5 heteroatoms. The zero-order valence-electron chi connectivity index (χ0n) is 4.55. The third-order valence-electron chi connectivity index (χ3n) is 0.483. The van der Waals surface area contributed by atoms with Crippen molar-refractivity contribution >= 4 is 11.3 Å². The number of rotatable bonds is 4. The minimum atomic E-state index is -2.19. The Morgan fingerprint density at radius 2 is 2.50 bits per heavy atom. The van der Waals surface area contributed by atoms with Crippen molar-refractivity contribution in [2.45, 2.75) is 6.92 Å². The van der Waals surface area contributed by atoms with Gasteiger partial charge in [0.1, 0.15) is 6.73 Å². The summed E-state index contributed by atoms with van der Waals surface area (Å²) in [5.74, 6) is 0. The summed E-state index contributed by atoms with van der Waals surface area (Å²) in [6.07, 6.45) is 0. The molecule has 0 saturated heterocycles. The Kier molecular flexibility index (Phi) is 5.19. The highest BCUT2D eigenvalue weighted by molar-refractivity contribution is 7.77. The lowest BCUT2D eigenvalue weighted by molar-refractivity contribution is 0.143. The van der Waals surface area contributed by atoms with Crippen LogP contribution >= 0.6 is 0 Å². The number of nitrogens with one attached hydrogen (secondary N) is 1. The number of ether oxygens (including phenoxy) is 1. The van der Waals surface area contributed by atoms with Crippen molar-refractivity contribution in [3.8, 4) is 0 Å². The van der Waals surface area contributed by atoms with E-state index in [1.165, 1.54) is 0 Å². The molecule has 1 atom stereocenters. The van der Waals surface area contributed by atoms with Crippen LogP contribution in [0.1, 0.15) is 6.92 Å². The van der Waals surface area contributed by atoms with Crippen LogP contribution < -0.4 is 4.72 Å². The van der Waals surface area contributed by atoms with Gasteiger partial charge in [0, 0.05) is 17.9 Å². The molecule has 0 rings (SSSR count). The first-order chi connectivity index (χ1) is 3.77. The molecule has 50 valence electrons. The molecule has 1 unspecified atom stereocenters. The molecule has 0 heterocycles. The van der Waals surface area contributed by atoms with Gasteiger partial charge in [0.15, 0.2) is 0 Å². The van der Waals surface area contributed by atoms with Gasteiger partial charge in [-0.2, -0.15) is 0 Å². The smallest absolute Gasteiger partial charge is 0.107 e. The molecule has 0 amide bonds. The summed E-state index contributed by atoms with van der Waals surface area (Å²) < 4.78 is 26.0. The van der Waals surface area contributed by atoms with E-state index < -0.39 is 11.3 Å². The molecule has 4 nitrogen and oxygen atoms in total. The van der Waals surface area contributed by atoms with E-state index in [2.05, 4.69) is 4.74 Å². The first-order valence-electron chi connectivity index (χ1n) is 2.18. The molecule has 0 aliphatic carbocycles. The maximum atomic E-state index is 9.68. The van der Waals surface area contributed by atoms with Gasteiger partial charge in [-0.3, -0.25) is 4.21 Å². The molecule has 0 aromatic rings. The Hall–Kier alpha value is 0.0300. The van der Waals surface area contributed by atoms with Crippen molar-refractivity contribution in [1.82, 2.24) is 4.72 Å². The van der Waals surface area contributed by atoms with E-state index in [0.717, 1.165) is 0 Å². The molecule has 0 fully saturated rings. The van der Waals surface area contributed by atoms with E-state index in [9.17, 15) is 8.76 Å². The van der Waals surface area contributed by atoms with E-state index in [0.29, 0.717) is 6.61 Å². The molecule has 0 aromatic carbocycles. The summed E-state index contributed by atoms with van der Waals surface area (Å²) in [6.45, 7) is 2.37. The highest BCUT2D eigenvalue weighted by Crippen LogP contribution is 1.67. The Morgan fingerprint density at radius 1 is 1.88 bits per heavy atom. The second kappa shape index (κ2) is 5.17. The summed E-state index contributed by atoms with van der Waals surface area (Å²) in [7, 11) is 0. The average Bonchev–Trinajstić information content (AvgIpc) is 1.66. The van der Waals surface area contributed by atoms with Crippen molar-refractivity contribution < 1.29 is 13.5 Å². The number of hydrogen-bond donors (Lipinski definition) is 1. The van der Waals surface area contributed by atoms with Crippen LogP contribution in [0.4, 0.5) is 0 Å². The Bertz CT molecular complexity index is 76.9. The van der Waals surface area contributed by atoms with Gasteiger partial charge in [-0.15, -0.1) is 0 Å². The molecule has 0 saturated carbocycles. The summed E-state index contributed by atoms with van der Waals surface area (Å²) in [5, 5.41) is 0. The molecule has 0 aliphatic rings. The molecule has 0 spiro atoms. The van der Waals surface area contributed by atoms with E-state index >= 15 is 0 Å². The standard InChI is InChI=1S/C3H9NO3S/c1-2-7-3-4-8(5)6/h4H,2-3H2,1H3,(H,5,6)/p-1. The average molecular weight is 138 g/mol. The fourth-order valence-corrected chi connectivity index (χ4v) is 0.371. The van der Waals surface area contributed by atoms with Crippen LogP contribution in [0, 0.1) is 0 Å². The predicted octanol–water partition coefficient (Wildman–Crippen LogP) is -0.636. The second-order valence-electron chi connectivity index (χ2n) is 1.02. The van der Waals surface area contributed by atoms with Crippen LogP contribution in [0.15, 0.2) is 0 Å². The van der Waals surface area contributed by atoms with E-state index in [-0.39, 0.29) is 6.73 Å². The lowest BCUT2D eigenvalue weighted by Gasteiger charge is -2.05. The van der Waals surface area contributed by atoms with Crippen LogP contribution in [0.2, 0.25) is 0 Å². The van der Waals surface area contributed by atoms with Crippen LogP contribution in [-0.4, -0.2) is 22.1 Å². The first-order valence-corrected chi connectivity index (χ1v) is 3.25. The third-order valence-corrected chi connectivity index (χ3v) is 0.837. The van der Waals surface area contributed by atoms with Crippen molar-refractivity contribution in [3.63, 3.8) is 0 Å².